The van der Waals surface area contributed by atoms with Crippen LogP contribution < -0.4 is 4.74 Å². The SMILES string of the molecule is COc1ccc(Cc2cc3cc(C#N)ccc3o2)cc1. The monoisotopic (exact) mass is 263 g/mol. The van der Waals surface area contributed by atoms with E-state index in [4.69, 9.17) is 14.4 Å². The molecule has 3 rings (SSSR count). The van der Waals surface area contributed by atoms with Crippen molar-refractivity contribution in [2.24, 2.45) is 0 Å². The lowest BCUT2D eigenvalue weighted by molar-refractivity contribution is 0.414. The summed E-state index contributed by atoms with van der Waals surface area (Å²) in [7, 11) is 1.65. The third-order valence-corrected chi connectivity index (χ3v) is 3.23. The van der Waals surface area contributed by atoms with Crippen LogP contribution in [0.15, 0.2) is 52.9 Å². The minimum Gasteiger partial charge on any atom is -0.497 e. The molecule has 0 radical (unpaired) electrons. The molecule has 2 aromatic carbocycles. The van der Waals surface area contributed by atoms with Gasteiger partial charge in [-0.2, -0.15) is 5.26 Å². The van der Waals surface area contributed by atoms with Crippen LogP contribution in [0.4, 0.5) is 0 Å². The highest BCUT2D eigenvalue weighted by Crippen LogP contribution is 2.23. The van der Waals surface area contributed by atoms with E-state index in [0.717, 1.165) is 34.5 Å². The van der Waals surface area contributed by atoms with Gasteiger partial charge in [0, 0.05) is 11.8 Å². The molecule has 0 aliphatic rings. The summed E-state index contributed by atoms with van der Waals surface area (Å²) in [5.74, 6) is 1.73. The molecule has 0 saturated heterocycles. The van der Waals surface area contributed by atoms with Crippen molar-refractivity contribution in [3.63, 3.8) is 0 Å². The van der Waals surface area contributed by atoms with Gasteiger partial charge in [0.2, 0.25) is 0 Å². The van der Waals surface area contributed by atoms with E-state index >= 15 is 0 Å². The predicted molar refractivity (Wildman–Crippen MR) is 76.7 cm³/mol. The van der Waals surface area contributed by atoms with E-state index in [-0.39, 0.29) is 0 Å². The lowest BCUT2D eigenvalue weighted by atomic mass is 10.1. The number of benzene rings is 2. The second-order valence-electron chi connectivity index (χ2n) is 4.60. The van der Waals surface area contributed by atoms with Crippen molar-refractivity contribution in [3.05, 3.63) is 65.4 Å². The summed E-state index contributed by atoms with van der Waals surface area (Å²) in [6, 6.07) is 17.5. The third kappa shape index (κ3) is 2.36. The number of furan rings is 1. The summed E-state index contributed by atoms with van der Waals surface area (Å²) in [4.78, 5) is 0. The summed E-state index contributed by atoms with van der Waals surface area (Å²) in [6.07, 6.45) is 0.723. The van der Waals surface area contributed by atoms with Gasteiger partial charge in [-0.05, 0) is 42.0 Å². The average molecular weight is 263 g/mol. The molecule has 3 nitrogen and oxygen atoms in total. The van der Waals surface area contributed by atoms with Crippen molar-refractivity contribution in [3.8, 4) is 11.8 Å². The Morgan fingerprint density at radius 1 is 1.10 bits per heavy atom. The fourth-order valence-corrected chi connectivity index (χ4v) is 2.20. The Morgan fingerprint density at radius 2 is 1.90 bits per heavy atom. The zero-order chi connectivity index (χ0) is 13.9. The van der Waals surface area contributed by atoms with E-state index in [0.29, 0.717) is 5.56 Å². The van der Waals surface area contributed by atoms with Crippen LogP contribution in [0, 0.1) is 11.3 Å². The summed E-state index contributed by atoms with van der Waals surface area (Å²) in [5, 5.41) is 9.86. The first-order chi connectivity index (χ1) is 9.78. The van der Waals surface area contributed by atoms with Crippen LogP contribution in [0.3, 0.4) is 0 Å². The van der Waals surface area contributed by atoms with Gasteiger partial charge in [-0.25, -0.2) is 0 Å². The Hall–Kier alpha value is -2.73. The fourth-order valence-electron chi connectivity index (χ4n) is 2.20. The molecule has 0 saturated carbocycles. The molecule has 0 amide bonds. The Labute approximate surface area is 117 Å². The third-order valence-electron chi connectivity index (χ3n) is 3.23. The van der Waals surface area contributed by atoms with Crippen molar-refractivity contribution in [1.82, 2.24) is 0 Å². The summed E-state index contributed by atoms with van der Waals surface area (Å²) < 4.78 is 10.9. The van der Waals surface area contributed by atoms with E-state index in [2.05, 4.69) is 6.07 Å². The molecule has 0 fully saturated rings. The zero-order valence-electron chi connectivity index (χ0n) is 11.1. The van der Waals surface area contributed by atoms with Gasteiger partial charge in [0.15, 0.2) is 0 Å². The van der Waals surface area contributed by atoms with Crippen LogP contribution in [-0.4, -0.2) is 7.11 Å². The first kappa shape index (κ1) is 12.3. The number of nitriles is 1. The number of fused-ring (bicyclic) bond motifs is 1. The Balaban J connectivity index is 1.88. The van der Waals surface area contributed by atoms with Crippen LogP contribution >= 0.6 is 0 Å². The number of methoxy groups -OCH3 is 1. The van der Waals surface area contributed by atoms with Crippen LogP contribution in [0.2, 0.25) is 0 Å². The van der Waals surface area contributed by atoms with Crippen molar-refractivity contribution in [2.45, 2.75) is 6.42 Å². The molecular formula is C17H13NO2. The maximum absolute atomic E-state index is 8.90. The smallest absolute Gasteiger partial charge is 0.134 e. The first-order valence-electron chi connectivity index (χ1n) is 6.34. The highest BCUT2D eigenvalue weighted by molar-refractivity contribution is 5.79. The molecule has 3 aromatic rings. The molecule has 0 atom stereocenters. The van der Waals surface area contributed by atoms with Crippen LogP contribution in [0.5, 0.6) is 5.75 Å². The maximum Gasteiger partial charge on any atom is 0.134 e. The Bertz CT molecular complexity index is 779. The standard InChI is InChI=1S/C17H13NO2/c1-19-15-5-2-12(3-6-15)9-16-10-14-8-13(11-18)4-7-17(14)20-16/h2-8,10H,9H2,1H3. The molecule has 0 spiro atoms. The summed E-state index contributed by atoms with van der Waals surface area (Å²) in [6.45, 7) is 0. The lowest BCUT2D eigenvalue weighted by Crippen LogP contribution is -1.87. The number of hydrogen-bond donors (Lipinski definition) is 0. The van der Waals surface area contributed by atoms with Gasteiger partial charge in [-0.15, -0.1) is 0 Å². The van der Waals surface area contributed by atoms with Gasteiger partial charge >= 0.3 is 0 Å². The van der Waals surface area contributed by atoms with Crippen LogP contribution in [-0.2, 0) is 6.42 Å². The van der Waals surface area contributed by atoms with Crippen LogP contribution in [0.1, 0.15) is 16.9 Å². The van der Waals surface area contributed by atoms with Crippen molar-refractivity contribution in [2.75, 3.05) is 7.11 Å². The molecule has 3 heteroatoms. The number of hydrogen-bond acceptors (Lipinski definition) is 3. The molecule has 1 aromatic heterocycles. The molecule has 0 aliphatic heterocycles. The molecule has 0 N–H and O–H groups in total. The molecule has 0 aliphatic carbocycles. The van der Waals surface area contributed by atoms with Crippen molar-refractivity contribution >= 4 is 11.0 Å². The van der Waals surface area contributed by atoms with E-state index in [1.165, 1.54) is 0 Å². The second-order valence-corrected chi connectivity index (χ2v) is 4.60. The summed E-state index contributed by atoms with van der Waals surface area (Å²) >= 11 is 0. The van der Waals surface area contributed by atoms with Gasteiger partial charge in [0.25, 0.3) is 0 Å². The predicted octanol–water partition coefficient (Wildman–Crippen LogP) is 3.90. The van der Waals surface area contributed by atoms with Gasteiger partial charge in [-0.1, -0.05) is 12.1 Å². The van der Waals surface area contributed by atoms with E-state index in [9.17, 15) is 0 Å². The van der Waals surface area contributed by atoms with Gasteiger partial charge in [0.05, 0.1) is 18.7 Å². The number of nitrogens with zero attached hydrogens (tertiary/aromatic N) is 1. The molecule has 98 valence electrons. The topological polar surface area (TPSA) is 46.2 Å². The fraction of sp³-hybridized carbons (Fsp3) is 0.118. The molecule has 0 unspecified atom stereocenters. The maximum atomic E-state index is 8.90. The molecular weight excluding hydrogens is 250 g/mol. The first-order valence-corrected chi connectivity index (χ1v) is 6.34. The molecule has 0 bridgehead atoms. The van der Waals surface area contributed by atoms with Gasteiger partial charge < -0.3 is 9.15 Å². The quantitative estimate of drug-likeness (QED) is 0.719. The Kier molecular flexibility index (Phi) is 3.14. The lowest BCUT2D eigenvalue weighted by Gasteiger charge is -2.01. The zero-order valence-corrected chi connectivity index (χ0v) is 11.1. The highest BCUT2D eigenvalue weighted by atomic mass is 16.5. The summed E-state index contributed by atoms with van der Waals surface area (Å²) in [5.41, 5.74) is 2.62. The van der Waals surface area contributed by atoms with Gasteiger partial charge in [0.1, 0.15) is 17.1 Å². The minimum absolute atomic E-state index is 0.647. The number of ether oxygens (including phenoxy) is 1. The van der Waals surface area contributed by atoms with Crippen molar-refractivity contribution in [1.29, 1.82) is 5.26 Å². The van der Waals surface area contributed by atoms with Gasteiger partial charge in [-0.3, -0.25) is 0 Å². The molecule has 20 heavy (non-hydrogen) atoms. The van der Waals surface area contributed by atoms with E-state index in [1.54, 1.807) is 13.2 Å². The normalized spacial score (nSPS) is 10.4. The number of rotatable bonds is 3. The molecule has 1 heterocycles. The second kappa shape index (κ2) is 5.10. The highest BCUT2D eigenvalue weighted by Gasteiger charge is 2.06. The largest absolute Gasteiger partial charge is 0.497 e. The van der Waals surface area contributed by atoms with E-state index < -0.39 is 0 Å². The average Bonchev–Trinajstić information content (AvgIpc) is 2.89. The van der Waals surface area contributed by atoms with E-state index in [1.807, 2.05) is 42.5 Å². The Morgan fingerprint density at radius 3 is 2.60 bits per heavy atom. The van der Waals surface area contributed by atoms with Crippen LogP contribution in [0.25, 0.3) is 11.0 Å². The minimum atomic E-state index is 0.647. The van der Waals surface area contributed by atoms with Crippen molar-refractivity contribution < 1.29 is 9.15 Å².